The van der Waals surface area contributed by atoms with Crippen molar-refractivity contribution in [2.45, 2.75) is 45.7 Å². The molecule has 0 aliphatic carbocycles. The van der Waals surface area contributed by atoms with E-state index in [1.54, 1.807) is 4.90 Å². The fourth-order valence-electron chi connectivity index (χ4n) is 4.56. The smallest absolute Gasteiger partial charge is 0.291 e. The number of benzene rings is 3. The monoisotopic (exact) mass is 455 g/mol. The van der Waals surface area contributed by atoms with Crippen LogP contribution in [0.15, 0.2) is 75.9 Å². The Morgan fingerprint density at radius 1 is 0.941 bits per heavy atom. The molecule has 0 N–H and O–H groups in total. The van der Waals surface area contributed by atoms with E-state index < -0.39 is 11.9 Å². The Labute approximate surface area is 197 Å². The summed E-state index contributed by atoms with van der Waals surface area (Å²) in [5, 5.41) is 0.139. The Kier molecular flexibility index (Phi) is 5.16. The van der Waals surface area contributed by atoms with E-state index in [2.05, 4.69) is 20.8 Å². The Morgan fingerprint density at radius 2 is 1.62 bits per heavy atom. The van der Waals surface area contributed by atoms with Gasteiger partial charge in [0, 0.05) is 6.54 Å². The third-order valence-corrected chi connectivity index (χ3v) is 6.49. The van der Waals surface area contributed by atoms with Crippen LogP contribution in [0.4, 0.5) is 4.39 Å². The minimum absolute atomic E-state index is 0.0288. The highest BCUT2D eigenvalue weighted by Gasteiger charge is 2.42. The Balaban J connectivity index is 1.69. The van der Waals surface area contributed by atoms with Gasteiger partial charge in [-0.3, -0.25) is 9.59 Å². The summed E-state index contributed by atoms with van der Waals surface area (Å²) in [6.45, 7) is 8.73. The van der Waals surface area contributed by atoms with Crippen LogP contribution in [0.1, 0.15) is 65.2 Å². The van der Waals surface area contributed by atoms with Crippen LogP contribution in [-0.4, -0.2) is 10.8 Å². The SMILES string of the molecule is Cc1ccc(CN2C(=O)c3oc4ccc(F)cc4c(=O)c3C2c2ccc(C(C)(C)C)cc2)cc1. The molecule has 1 atom stereocenters. The number of carbonyl (C=O) groups is 1. The van der Waals surface area contributed by atoms with Crippen LogP contribution in [0.5, 0.6) is 0 Å². The highest BCUT2D eigenvalue weighted by Crippen LogP contribution is 2.39. The maximum atomic E-state index is 14.0. The van der Waals surface area contributed by atoms with E-state index in [0.29, 0.717) is 6.54 Å². The first-order chi connectivity index (χ1) is 16.1. The molecule has 3 aromatic carbocycles. The van der Waals surface area contributed by atoms with E-state index in [4.69, 9.17) is 4.42 Å². The largest absolute Gasteiger partial charge is 0.450 e. The number of fused-ring (bicyclic) bond motifs is 2. The Bertz CT molecular complexity index is 1460. The van der Waals surface area contributed by atoms with Crippen molar-refractivity contribution in [2.75, 3.05) is 0 Å². The van der Waals surface area contributed by atoms with Crippen molar-refractivity contribution in [1.29, 1.82) is 0 Å². The number of halogens is 1. The molecular weight excluding hydrogens is 429 g/mol. The van der Waals surface area contributed by atoms with Crippen LogP contribution in [0, 0.1) is 12.7 Å². The quantitative estimate of drug-likeness (QED) is 0.365. The summed E-state index contributed by atoms with van der Waals surface area (Å²) in [6.07, 6.45) is 0. The molecular formula is C29H26FNO3. The topological polar surface area (TPSA) is 50.5 Å². The van der Waals surface area contributed by atoms with E-state index in [9.17, 15) is 14.0 Å². The molecule has 34 heavy (non-hydrogen) atoms. The van der Waals surface area contributed by atoms with E-state index >= 15 is 0 Å². The van der Waals surface area contributed by atoms with Gasteiger partial charge in [-0.15, -0.1) is 0 Å². The summed E-state index contributed by atoms with van der Waals surface area (Å²) in [5.41, 5.74) is 4.10. The van der Waals surface area contributed by atoms with Crippen LogP contribution >= 0.6 is 0 Å². The van der Waals surface area contributed by atoms with Gasteiger partial charge in [0.2, 0.25) is 5.76 Å². The lowest BCUT2D eigenvalue weighted by atomic mass is 9.86. The standard InChI is InChI=1S/C29H26FNO3/c1-17-5-7-18(8-6-17)16-31-25(19-9-11-20(12-10-19)29(2,3)4)24-26(32)22-15-21(30)13-14-23(22)34-27(24)28(31)33/h5-15,25H,16H2,1-4H3. The zero-order valence-electron chi connectivity index (χ0n) is 19.7. The van der Waals surface area contributed by atoms with E-state index in [0.717, 1.165) is 22.3 Å². The molecule has 4 aromatic rings. The lowest BCUT2D eigenvalue weighted by molar-refractivity contribution is 0.0714. The summed E-state index contributed by atoms with van der Waals surface area (Å²) in [5.74, 6) is -0.836. The van der Waals surface area contributed by atoms with Crippen LogP contribution in [0.2, 0.25) is 0 Å². The summed E-state index contributed by atoms with van der Waals surface area (Å²) in [4.78, 5) is 28.8. The van der Waals surface area contributed by atoms with Crippen LogP contribution < -0.4 is 5.43 Å². The lowest BCUT2D eigenvalue weighted by Crippen LogP contribution is -2.29. The minimum atomic E-state index is -0.623. The fourth-order valence-corrected chi connectivity index (χ4v) is 4.56. The zero-order chi connectivity index (χ0) is 24.2. The average Bonchev–Trinajstić information content (AvgIpc) is 3.07. The minimum Gasteiger partial charge on any atom is -0.450 e. The molecule has 172 valence electrons. The zero-order valence-corrected chi connectivity index (χ0v) is 19.7. The summed E-state index contributed by atoms with van der Waals surface area (Å²) < 4.78 is 19.9. The molecule has 4 nitrogen and oxygen atoms in total. The molecule has 2 heterocycles. The highest BCUT2D eigenvalue weighted by molar-refractivity contribution is 5.99. The predicted molar refractivity (Wildman–Crippen MR) is 130 cm³/mol. The van der Waals surface area contributed by atoms with Gasteiger partial charge in [0.15, 0.2) is 5.43 Å². The Morgan fingerprint density at radius 3 is 2.26 bits per heavy atom. The van der Waals surface area contributed by atoms with Crippen molar-refractivity contribution in [3.05, 3.63) is 116 Å². The first-order valence-electron chi connectivity index (χ1n) is 11.4. The molecule has 5 rings (SSSR count). The van der Waals surface area contributed by atoms with Gasteiger partial charge in [0.05, 0.1) is 17.0 Å². The van der Waals surface area contributed by atoms with Crippen molar-refractivity contribution in [3.8, 4) is 0 Å². The number of amides is 1. The maximum absolute atomic E-state index is 14.0. The van der Waals surface area contributed by atoms with Gasteiger partial charge >= 0.3 is 0 Å². The second-order valence-electron chi connectivity index (χ2n) is 10.0. The number of hydrogen-bond acceptors (Lipinski definition) is 3. The molecule has 1 amide bonds. The molecule has 0 fully saturated rings. The van der Waals surface area contributed by atoms with E-state index in [-0.39, 0.29) is 39.0 Å². The lowest BCUT2D eigenvalue weighted by Gasteiger charge is -2.26. The summed E-state index contributed by atoms with van der Waals surface area (Å²) in [6, 6.07) is 19.1. The predicted octanol–water partition coefficient (Wildman–Crippen LogP) is 6.28. The van der Waals surface area contributed by atoms with Crippen molar-refractivity contribution < 1.29 is 13.6 Å². The second kappa shape index (κ2) is 7.94. The molecule has 1 unspecified atom stereocenters. The molecule has 1 aliphatic rings. The fraction of sp³-hybridized carbons (Fsp3) is 0.241. The van der Waals surface area contributed by atoms with Crippen LogP contribution in [0.25, 0.3) is 11.0 Å². The summed E-state index contributed by atoms with van der Waals surface area (Å²) >= 11 is 0. The van der Waals surface area contributed by atoms with Gasteiger partial charge in [-0.1, -0.05) is 74.9 Å². The third-order valence-electron chi connectivity index (χ3n) is 6.49. The van der Waals surface area contributed by atoms with Crippen molar-refractivity contribution in [3.63, 3.8) is 0 Å². The van der Waals surface area contributed by atoms with Crippen LogP contribution in [-0.2, 0) is 12.0 Å². The molecule has 5 heteroatoms. The van der Waals surface area contributed by atoms with Gasteiger partial charge in [0.25, 0.3) is 5.91 Å². The first-order valence-corrected chi connectivity index (χ1v) is 11.4. The number of nitrogens with zero attached hydrogens (tertiary/aromatic N) is 1. The van der Waals surface area contributed by atoms with E-state index in [1.807, 2.05) is 55.5 Å². The maximum Gasteiger partial charge on any atom is 0.291 e. The Hall–Kier alpha value is -3.73. The van der Waals surface area contributed by atoms with Gasteiger partial charge in [-0.25, -0.2) is 4.39 Å². The molecule has 0 spiro atoms. The normalized spacial score (nSPS) is 15.7. The van der Waals surface area contributed by atoms with Crippen molar-refractivity contribution >= 4 is 16.9 Å². The van der Waals surface area contributed by atoms with Gasteiger partial charge in [0.1, 0.15) is 11.4 Å². The van der Waals surface area contributed by atoms with Crippen LogP contribution in [0.3, 0.4) is 0 Å². The molecule has 0 radical (unpaired) electrons. The number of rotatable bonds is 3. The molecule has 0 saturated heterocycles. The van der Waals surface area contributed by atoms with Crippen molar-refractivity contribution in [1.82, 2.24) is 4.90 Å². The first kappa shape index (κ1) is 22.1. The summed E-state index contributed by atoms with van der Waals surface area (Å²) in [7, 11) is 0. The molecule has 1 aliphatic heterocycles. The van der Waals surface area contributed by atoms with Gasteiger partial charge < -0.3 is 9.32 Å². The highest BCUT2D eigenvalue weighted by atomic mass is 19.1. The molecule has 1 aromatic heterocycles. The molecule has 0 saturated carbocycles. The van der Waals surface area contributed by atoms with E-state index in [1.165, 1.54) is 18.2 Å². The second-order valence-corrected chi connectivity index (χ2v) is 10.0. The van der Waals surface area contributed by atoms with Crippen molar-refractivity contribution in [2.24, 2.45) is 0 Å². The van der Waals surface area contributed by atoms with Gasteiger partial charge in [-0.2, -0.15) is 0 Å². The number of hydrogen-bond donors (Lipinski definition) is 0. The number of aryl methyl sites for hydroxylation is 1. The molecule has 0 bridgehead atoms. The van der Waals surface area contributed by atoms with Gasteiger partial charge in [-0.05, 0) is 47.2 Å². The number of carbonyl (C=O) groups excluding carboxylic acids is 1. The third kappa shape index (κ3) is 3.71. The average molecular weight is 456 g/mol.